The smallest absolute Gasteiger partial charge is 0.242 e. The number of rotatable bonds is 14. The second-order valence-electron chi connectivity index (χ2n) is 16.6. The number of carbonyl (C=O) groups excluding carboxylic acids is 2. The molecule has 65 heavy (non-hydrogen) atoms. The van der Waals surface area contributed by atoms with Crippen LogP contribution < -0.4 is 9.44 Å². The average Bonchev–Trinajstić information content (AvgIpc) is 4.14. The lowest BCUT2D eigenvalue weighted by molar-refractivity contribution is -0.135. The number of hydrogen-bond donors (Lipinski definition) is 4. The van der Waals surface area contributed by atoms with Crippen molar-refractivity contribution < 1.29 is 26.4 Å². The fourth-order valence-corrected chi connectivity index (χ4v) is 11.7. The molecule has 21 heteroatoms. The van der Waals surface area contributed by atoms with Gasteiger partial charge in [0.15, 0.2) is 0 Å². The molecule has 8 rings (SSSR count). The Morgan fingerprint density at radius 1 is 0.738 bits per heavy atom. The molecule has 6 aromatic rings. The van der Waals surface area contributed by atoms with Crippen LogP contribution in [0, 0.1) is 34.5 Å². The van der Waals surface area contributed by atoms with Crippen molar-refractivity contribution in [3.8, 4) is 12.1 Å². The summed E-state index contributed by atoms with van der Waals surface area (Å²) in [6.45, 7) is 7.42. The number of nitrogens with zero attached hydrogens (tertiary/aromatic N) is 8. The molecule has 8 heterocycles. The molecule has 0 bridgehead atoms. The second kappa shape index (κ2) is 20.6. The normalized spacial score (nSPS) is 16.1. The van der Waals surface area contributed by atoms with Crippen LogP contribution in [0.3, 0.4) is 0 Å². The number of fused-ring (bicyclic) bond motifs is 2. The van der Waals surface area contributed by atoms with Gasteiger partial charge in [-0.05, 0) is 109 Å². The van der Waals surface area contributed by atoms with Crippen LogP contribution in [0.15, 0.2) is 93.9 Å². The van der Waals surface area contributed by atoms with Crippen LogP contribution in [0.1, 0.15) is 63.8 Å². The summed E-state index contributed by atoms with van der Waals surface area (Å²) in [5.41, 5.74) is 1.83. The van der Waals surface area contributed by atoms with Crippen LogP contribution in [0.25, 0.3) is 22.1 Å². The van der Waals surface area contributed by atoms with Gasteiger partial charge in [-0.25, -0.2) is 26.8 Å². The Labute approximate surface area is 386 Å². The van der Waals surface area contributed by atoms with Crippen molar-refractivity contribution in [2.45, 2.75) is 87.3 Å². The summed E-state index contributed by atoms with van der Waals surface area (Å²) in [7, 11) is -8.03. The molecule has 2 atom stereocenters. The van der Waals surface area contributed by atoms with E-state index in [1.165, 1.54) is 24.5 Å². The highest BCUT2D eigenvalue weighted by atomic mass is 79.9. The topological polar surface area (TPSA) is 248 Å². The average molecular weight is 988 g/mol. The van der Waals surface area contributed by atoms with Crippen molar-refractivity contribution in [3.05, 3.63) is 95.5 Å². The van der Waals surface area contributed by atoms with Gasteiger partial charge < -0.3 is 28.9 Å². The molecule has 2 unspecified atom stereocenters. The SMILES string of the molecule is CC1CCN(C(=O)C(CCn2cccc2C#N)NS(=O)(=O)c2ccnc3[nH]cc(Br)c23)CC1.CC1CCN(C(=O)C(CCn2cccc2C#N)NS(=O)(=O)c2ccnc3[nH]ccc23)CC1. The van der Waals surface area contributed by atoms with Crippen molar-refractivity contribution in [3.63, 3.8) is 0 Å². The van der Waals surface area contributed by atoms with E-state index >= 15 is 0 Å². The van der Waals surface area contributed by atoms with Crippen LogP contribution in [0.2, 0.25) is 0 Å². The van der Waals surface area contributed by atoms with Crippen LogP contribution >= 0.6 is 15.9 Å². The number of hydrogen-bond acceptors (Lipinski definition) is 10. The summed E-state index contributed by atoms with van der Waals surface area (Å²) in [6, 6.07) is 13.7. The maximum Gasteiger partial charge on any atom is 0.242 e. The number of nitrogens with one attached hydrogen (secondary N) is 4. The van der Waals surface area contributed by atoms with Crippen molar-refractivity contribution in [2.24, 2.45) is 11.8 Å². The number of aromatic nitrogens is 6. The van der Waals surface area contributed by atoms with Gasteiger partial charge in [0.25, 0.3) is 0 Å². The number of H-pyrrole nitrogens is 2. The zero-order valence-corrected chi connectivity index (χ0v) is 39.2. The van der Waals surface area contributed by atoms with E-state index in [-0.39, 0.29) is 34.4 Å². The standard InChI is InChI=1S/C22H25BrN6O3S.C22H26N6O3S/c1-15-5-10-29(11-6-15)22(30)18(7-12-28-9-2-3-16(28)13-24)27-33(31,32)19-4-8-25-21-20(19)17(23)14-26-21;1-16-6-12-28(13-7-16)22(29)19(8-14-27-11-2-3-17(27)15-23)26-32(30,31)20-5-10-25-21-18(20)4-9-24-21/h2-4,8-9,14-15,18,27H,5-7,10-12H2,1H3,(H,25,26);2-5,9-11,16,19,26H,6-8,12-14H2,1H3,(H,24,25). The molecule has 0 spiro atoms. The number of aromatic amines is 2. The molecule has 2 amide bonds. The number of nitriles is 2. The number of aryl methyl sites for hydroxylation is 2. The Bertz CT molecular complexity index is 2950. The minimum absolute atomic E-state index is 0.0457. The van der Waals surface area contributed by atoms with Gasteiger partial charge in [0.2, 0.25) is 31.9 Å². The Hall–Kier alpha value is -5.84. The number of likely N-dealkylation sites (tertiary alicyclic amines) is 2. The van der Waals surface area contributed by atoms with Gasteiger partial charge in [-0.1, -0.05) is 13.8 Å². The van der Waals surface area contributed by atoms with Crippen LogP contribution in [0.5, 0.6) is 0 Å². The van der Waals surface area contributed by atoms with Crippen LogP contribution in [-0.2, 0) is 42.7 Å². The molecule has 6 aromatic heterocycles. The summed E-state index contributed by atoms with van der Waals surface area (Å²) in [4.78, 5) is 44.5. The van der Waals surface area contributed by atoms with E-state index in [9.17, 15) is 36.9 Å². The number of halogens is 1. The van der Waals surface area contributed by atoms with Crippen molar-refractivity contribution in [1.29, 1.82) is 10.5 Å². The van der Waals surface area contributed by atoms with Crippen LogP contribution in [-0.4, -0.2) is 106 Å². The quantitative estimate of drug-likeness (QED) is 0.111. The maximum atomic E-state index is 13.4. The van der Waals surface area contributed by atoms with E-state index in [1.807, 2.05) is 0 Å². The van der Waals surface area contributed by atoms with Crippen molar-refractivity contribution in [2.75, 3.05) is 26.2 Å². The number of piperidine rings is 2. The Kier molecular flexibility index (Phi) is 14.9. The van der Waals surface area contributed by atoms with Crippen molar-refractivity contribution in [1.82, 2.24) is 48.3 Å². The van der Waals surface area contributed by atoms with E-state index in [0.717, 1.165) is 25.7 Å². The number of sulfonamides is 2. The predicted octanol–water partition coefficient (Wildman–Crippen LogP) is 5.23. The van der Waals surface area contributed by atoms with E-state index in [0.29, 0.717) is 89.0 Å². The zero-order chi connectivity index (χ0) is 46.3. The third kappa shape index (κ3) is 11.0. The number of amides is 2. The Morgan fingerprint density at radius 3 is 1.72 bits per heavy atom. The highest BCUT2D eigenvalue weighted by Crippen LogP contribution is 2.29. The highest BCUT2D eigenvalue weighted by Gasteiger charge is 2.34. The third-order valence-electron chi connectivity index (χ3n) is 12.1. The van der Waals surface area contributed by atoms with Gasteiger partial charge in [0, 0.05) is 86.3 Å². The predicted molar refractivity (Wildman–Crippen MR) is 246 cm³/mol. The summed E-state index contributed by atoms with van der Waals surface area (Å²) in [5.74, 6) is 0.615. The number of carbonyl (C=O) groups is 2. The summed E-state index contributed by atoms with van der Waals surface area (Å²) in [5, 5.41) is 19.4. The van der Waals surface area contributed by atoms with Gasteiger partial charge in [0.1, 0.15) is 46.9 Å². The second-order valence-corrected chi connectivity index (χ2v) is 20.8. The Morgan fingerprint density at radius 2 is 1.22 bits per heavy atom. The molecule has 2 aliphatic heterocycles. The molecule has 342 valence electrons. The van der Waals surface area contributed by atoms with E-state index in [4.69, 9.17) is 0 Å². The number of pyridine rings is 2. The van der Waals surface area contributed by atoms with E-state index < -0.39 is 32.1 Å². The summed E-state index contributed by atoms with van der Waals surface area (Å²) >= 11 is 3.37. The summed E-state index contributed by atoms with van der Waals surface area (Å²) in [6.07, 6.45) is 13.6. The Balaban J connectivity index is 0.000000194. The van der Waals surface area contributed by atoms with E-state index in [1.54, 1.807) is 74.1 Å². The third-order valence-corrected chi connectivity index (χ3v) is 15.7. The molecule has 4 N–H and O–H groups in total. The molecule has 2 saturated heterocycles. The molecule has 0 aromatic carbocycles. The van der Waals surface area contributed by atoms with Crippen LogP contribution in [0.4, 0.5) is 0 Å². The molecule has 2 aliphatic rings. The van der Waals surface area contributed by atoms with Gasteiger partial charge >= 0.3 is 0 Å². The first kappa shape index (κ1) is 47.1. The van der Waals surface area contributed by atoms with Crippen molar-refractivity contribution >= 4 is 69.9 Å². The van der Waals surface area contributed by atoms with Gasteiger partial charge in [-0.3, -0.25) is 9.59 Å². The minimum atomic E-state index is -4.04. The molecule has 2 fully saturated rings. The lowest BCUT2D eigenvalue weighted by Crippen LogP contribution is -2.51. The van der Waals surface area contributed by atoms with Gasteiger partial charge in [-0.15, -0.1) is 0 Å². The maximum absolute atomic E-state index is 13.4. The zero-order valence-electron chi connectivity index (χ0n) is 36.0. The first-order chi connectivity index (χ1) is 31.2. The molecule has 18 nitrogen and oxygen atoms in total. The minimum Gasteiger partial charge on any atom is -0.346 e. The molecule has 0 saturated carbocycles. The van der Waals surface area contributed by atoms with Gasteiger partial charge in [0.05, 0.1) is 15.2 Å². The monoisotopic (exact) mass is 986 g/mol. The molecule has 0 radical (unpaired) electrons. The fourth-order valence-electron chi connectivity index (χ4n) is 8.21. The molecular weight excluding hydrogens is 937 g/mol. The lowest BCUT2D eigenvalue weighted by Gasteiger charge is -2.33. The largest absolute Gasteiger partial charge is 0.346 e. The molecular formula is C44H51BrN12O6S2. The summed E-state index contributed by atoms with van der Waals surface area (Å²) < 4.78 is 62.8. The van der Waals surface area contributed by atoms with Gasteiger partial charge in [-0.2, -0.15) is 20.0 Å². The lowest BCUT2D eigenvalue weighted by atomic mass is 9.98. The fraction of sp³-hybridized carbons (Fsp3) is 0.409. The first-order valence-electron chi connectivity index (χ1n) is 21.5. The highest BCUT2D eigenvalue weighted by molar-refractivity contribution is 9.10. The molecule has 0 aliphatic carbocycles. The van der Waals surface area contributed by atoms with E-state index in [2.05, 4.69) is 71.3 Å². The first-order valence-corrected chi connectivity index (χ1v) is 25.2.